The van der Waals surface area contributed by atoms with Gasteiger partial charge < -0.3 is 34.6 Å². The van der Waals surface area contributed by atoms with E-state index in [-0.39, 0.29) is 23.3 Å². The van der Waals surface area contributed by atoms with Gasteiger partial charge in [0.1, 0.15) is 20.1 Å². The number of anilines is 2. The summed E-state index contributed by atoms with van der Waals surface area (Å²) in [4.78, 5) is 28.8. The molecular formula is C26H30N4O5S4. The molecule has 13 heteroatoms. The summed E-state index contributed by atoms with van der Waals surface area (Å²) in [5, 5.41) is 5.75. The van der Waals surface area contributed by atoms with Crippen LogP contribution in [-0.2, 0) is 19.1 Å². The molecule has 0 spiro atoms. The molecule has 0 saturated carbocycles. The Hall–Kier alpha value is -2.42. The Balaban J connectivity index is 1.16. The van der Waals surface area contributed by atoms with Gasteiger partial charge in [-0.2, -0.15) is 0 Å². The van der Waals surface area contributed by atoms with Crippen molar-refractivity contribution >= 4 is 79.8 Å². The third kappa shape index (κ3) is 9.92. The molecule has 2 heterocycles. The second kappa shape index (κ2) is 15.4. The van der Waals surface area contributed by atoms with Crippen molar-refractivity contribution in [1.82, 2.24) is 9.80 Å². The Bertz CT molecular complexity index is 1050. The van der Waals surface area contributed by atoms with Gasteiger partial charge in [0.2, 0.25) is 11.8 Å². The quantitative estimate of drug-likeness (QED) is 0.427. The first-order valence-electron chi connectivity index (χ1n) is 12.4. The Morgan fingerprint density at radius 3 is 1.41 bits per heavy atom. The maximum absolute atomic E-state index is 12.3. The molecule has 39 heavy (non-hydrogen) atoms. The SMILES string of the molecule is O=C(CSC(=S)N1CCOCC1)Nc1ccc(Oc2ccc(NC(=O)CSC(=S)N3CCOCC3)cc2)cc1. The van der Waals surface area contributed by atoms with Gasteiger partial charge in [-0.15, -0.1) is 0 Å². The first-order valence-corrected chi connectivity index (χ1v) is 15.2. The van der Waals surface area contributed by atoms with Crippen LogP contribution in [0.2, 0.25) is 0 Å². The molecule has 4 rings (SSSR count). The fraction of sp³-hybridized carbons (Fsp3) is 0.385. The summed E-state index contributed by atoms with van der Waals surface area (Å²) in [5.74, 6) is 1.50. The number of ether oxygens (including phenoxy) is 3. The molecule has 2 fully saturated rings. The highest BCUT2D eigenvalue weighted by molar-refractivity contribution is 8.23. The van der Waals surface area contributed by atoms with Crippen LogP contribution in [0.5, 0.6) is 11.5 Å². The molecule has 2 aliphatic heterocycles. The summed E-state index contributed by atoms with van der Waals surface area (Å²) in [6.45, 7) is 5.68. The predicted molar refractivity (Wildman–Crippen MR) is 165 cm³/mol. The molecule has 2 amide bonds. The van der Waals surface area contributed by atoms with Gasteiger partial charge in [-0.05, 0) is 48.5 Å². The number of nitrogens with zero attached hydrogens (tertiary/aromatic N) is 2. The van der Waals surface area contributed by atoms with Crippen molar-refractivity contribution < 1.29 is 23.8 Å². The Morgan fingerprint density at radius 1 is 0.692 bits per heavy atom. The second-order valence-corrected chi connectivity index (χ2v) is 11.8. The van der Waals surface area contributed by atoms with E-state index in [1.807, 2.05) is 0 Å². The Morgan fingerprint density at radius 2 is 1.05 bits per heavy atom. The number of carbonyl (C=O) groups excluding carboxylic acids is 2. The van der Waals surface area contributed by atoms with Crippen LogP contribution in [0.1, 0.15) is 0 Å². The second-order valence-electron chi connectivity index (χ2n) is 8.56. The molecule has 0 aromatic heterocycles. The summed E-state index contributed by atoms with van der Waals surface area (Å²) in [7, 11) is 0. The molecule has 0 radical (unpaired) electrons. The number of carbonyl (C=O) groups is 2. The van der Waals surface area contributed by atoms with E-state index < -0.39 is 0 Å². The first-order chi connectivity index (χ1) is 19.0. The van der Waals surface area contributed by atoms with Crippen LogP contribution in [0.25, 0.3) is 0 Å². The number of thioether (sulfide) groups is 2. The van der Waals surface area contributed by atoms with Crippen molar-refractivity contribution in [1.29, 1.82) is 0 Å². The van der Waals surface area contributed by atoms with Crippen LogP contribution in [0.15, 0.2) is 48.5 Å². The van der Waals surface area contributed by atoms with Gasteiger partial charge in [0.15, 0.2) is 0 Å². The average molecular weight is 607 g/mol. The summed E-state index contributed by atoms with van der Waals surface area (Å²) < 4.78 is 18.0. The van der Waals surface area contributed by atoms with E-state index in [0.29, 0.717) is 49.3 Å². The largest absolute Gasteiger partial charge is 0.457 e. The van der Waals surface area contributed by atoms with Crippen LogP contribution in [0.3, 0.4) is 0 Å². The highest BCUT2D eigenvalue weighted by atomic mass is 32.2. The maximum atomic E-state index is 12.3. The highest BCUT2D eigenvalue weighted by Crippen LogP contribution is 2.25. The number of rotatable bonds is 8. The minimum Gasteiger partial charge on any atom is -0.457 e. The van der Waals surface area contributed by atoms with Crippen molar-refractivity contribution in [2.24, 2.45) is 0 Å². The maximum Gasteiger partial charge on any atom is 0.234 e. The molecule has 208 valence electrons. The standard InChI is InChI=1S/C26H30N4O5S4/c31-23(17-38-25(36)29-9-13-33-14-10-29)27-19-1-5-21(6-2-19)35-22-7-3-20(4-8-22)28-24(32)18-39-26(37)30-11-15-34-16-12-30/h1-8H,9-18H2,(H,27,31)(H,28,32). The molecule has 0 atom stereocenters. The van der Waals surface area contributed by atoms with Crippen LogP contribution in [-0.4, -0.2) is 94.4 Å². The van der Waals surface area contributed by atoms with Crippen LogP contribution >= 0.6 is 48.0 Å². The summed E-state index contributed by atoms with van der Waals surface area (Å²) >= 11 is 13.5. The lowest BCUT2D eigenvalue weighted by molar-refractivity contribution is -0.114. The van der Waals surface area contributed by atoms with Gasteiger partial charge >= 0.3 is 0 Å². The molecule has 2 saturated heterocycles. The zero-order chi connectivity index (χ0) is 27.5. The van der Waals surface area contributed by atoms with E-state index in [1.54, 1.807) is 48.5 Å². The number of amides is 2. The fourth-order valence-corrected chi connectivity index (χ4v) is 5.77. The van der Waals surface area contributed by atoms with Gasteiger partial charge in [-0.3, -0.25) is 9.59 Å². The highest BCUT2D eigenvalue weighted by Gasteiger charge is 2.16. The number of morpholine rings is 2. The number of benzene rings is 2. The normalized spacial score (nSPS) is 15.4. The van der Waals surface area contributed by atoms with Crippen molar-refractivity contribution in [3.05, 3.63) is 48.5 Å². The van der Waals surface area contributed by atoms with Crippen molar-refractivity contribution in [2.45, 2.75) is 0 Å². The summed E-state index contributed by atoms with van der Waals surface area (Å²) in [5.41, 5.74) is 1.35. The smallest absolute Gasteiger partial charge is 0.234 e. The van der Waals surface area contributed by atoms with E-state index in [0.717, 1.165) is 34.8 Å². The van der Waals surface area contributed by atoms with E-state index in [1.165, 1.54) is 23.5 Å². The van der Waals surface area contributed by atoms with Crippen molar-refractivity contribution in [2.75, 3.05) is 74.7 Å². The lowest BCUT2D eigenvalue weighted by Crippen LogP contribution is -2.39. The third-order valence-corrected chi connectivity index (χ3v) is 8.75. The van der Waals surface area contributed by atoms with E-state index in [4.69, 9.17) is 38.6 Å². The summed E-state index contributed by atoms with van der Waals surface area (Å²) in [6, 6.07) is 14.3. The van der Waals surface area contributed by atoms with E-state index in [9.17, 15) is 9.59 Å². The molecule has 0 unspecified atom stereocenters. The molecule has 2 aromatic carbocycles. The summed E-state index contributed by atoms with van der Waals surface area (Å²) in [6.07, 6.45) is 0. The lowest BCUT2D eigenvalue weighted by Gasteiger charge is -2.28. The minimum atomic E-state index is -0.122. The number of nitrogens with one attached hydrogen (secondary N) is 2. The van der Waals surface area contributed by atoms with Gasteiger partial charge in [-0.1, -0.05) is 48.0 Å². The van der Waals surface area contributed by atoms with E-state index >= 15 is 0 Å². The molecule has 0 aliphatic carbocycles. The zero-order valence-corrected chi connectivity index (χ0v) is 24.5. The van der Waals surface area contributed by atoms with E-state index in [2.05, 4.69) is 20.4 Å². The third-order valence-electron chi connectivity index (χ3n) is 5.70. The minimum absolute atomic E-state index is 0.122. The molecular weight excluding hydrogens is 577 g/mol. The fourth-order valence-electron chi connectivity index (χ4n) is 3.67. The molecule has 2 N–H and O–H groups in total. The van der Waals surface area contributed by atoms with Gasteiger partial charge in [0.25, 0.3) is 0 Å². The molecule has 0 bridgehead atoms. The molecule has 9 nitrogen and oxygen atoms in total. The van der Waals surface area contributed by atoms with Gasteiger partial charge in [-0.25, -0.2) is 0 Å². The zero-order valence-electron chi connectivity index (χ0n) is 21.3. The predicted octanol–water partition coefficient (Wildman–Crippen LogP) is 4.06. The van der Waals surface area contributed by atoms with Gasteiger partial charge in [0, 0.05) is 37.6 Å². The molecule has 2 aliphatic rings. The molecule has 2 aromatic rings. The van der Waals surface area contributed by atoms with Crippen LogP contribution in [0.4, 0.5) is 11.4 Å². The first kappa shape index (κ1) is 29.6. The topological polar surface area (TPSA) is 92.4 Å². The van der Waals surface area contributed by atoms with Crippen LogP contribution in [0, 0.1) is 0 Å². The Kier molecular flexibility index (Phi) is 11.7. The van der Waals surface area contributed by atoms with Crippen LogP contribution < -0.4 is 15.4 Å². The van der Waals surface area contributed by atoms with Crippen molar-refractivity contribution in [3.63, 3.8) is 0 Å². The monoisotopic (exact) mass is 606 g/mol. The Labute approximate surface area is 247 Å². The average Bonchev–Trinajstić information content (AvgIpc) is 2.97. The number of thiocarbonyl (C=S) groups is 2. The van der Waals surface area contributed by atoms with Gasteiger partial charge in [0.05, 0.1) is 37.9 Å². The lowest BCUT2D eigenvalue weighted by atomic mass is 10.3. The van der Waals surface area contributed by atoms with Crippen molar-refractivity contribution in [3.8, 4) is 11.5 Å². The number of hydrogen-bond acceptors (Lipinski definition) is 9. The number of hydrogen-bond donors (Lipinski definition) is 2.